The topological polar surface area (TPSA) is 46.8 Å². The van der Waals surface area contributed by atoms with Crippen LogP contribution in [0.4, 0.5) is 17.1 Å². The molecular weight excluding hydrogens is 695 g/mol. The van der Waals surface area contributed by atoms with E-state index in [-0.39, 0.29) is 0 Å². The third-order valence-corrected chi connectivity index (χ3v) is 11.1. The van der Waals surface area contributed by atoms with Gasteiger partial charge in [0.25, 0.3) is 0 Å². The van der Waals surface area contributed by atoms with E-state index in [1.165, 1.54) is 33.3 Å². The second-order valence-corrected chi connectivity index (χ2v) is 14.5. The first-order chi connectivity index (χ1) is 28.3. The number of aromatic nitrogens is 4. The van der Waals surface area contributed by atoms with Crippen molar-refractivity contribution < 1.29 is 0 Å². The van der Waals surface area contributed by atoms with Gasteiger partial charge in [0.15, 0.2) is 0 Å². The van der Waals surface area contributed by atoms with Gasteiger partial charge >= 0.3 is 0 Å². The molecule has 0 saturated heterocycles. The Morgan fingerprint density at radius 1 is 0.404 bits per heavy atom. The van der Waals surface area contributed by atoms with Crippen LogP contribution in [-0.4, -0.2) is 19.5 Å². The van der Waals surface area contributed by atoms with Crippen molar-refractivity contribution in [1.29, 1.82) is 0 Å². The fourth-order valence-electron chi connectivity index (χ4n) is 8.38. The summed E-state index contributed by atoms with van der Waals surface area (Å²) in [5.41, 5.74) is 17.0. The summed E-state index contributed by atoms with van der Waals surface area (Å²) in [6.07, 6.45) is 4.73. The molecule has 0 atom stereocenters. The summed E-state index contributed by atoms with van der Waals surface area (Å²) in [6, 6.07) is 66.3. The van der Waals surface area contributed by atoms with E-state index < -0.39 is 0 Å². The molecule has 0 aliphatic carbocycles. The third kappa shape index (κ3) is 5.68. The summed E-state index contributed by atoms with van der Waals surface area (Å²) < 4.78 is 2.44. The van der Waals surface area contributed by atoms with Crippen molar-refractivity contribution in [1.82, 2.24) is 19.5 Å². The Morgan fingerprint density at radius 3 is 1.61 bits per heavy atom. The first-order valence-electron chi connectivity index (χ1n) is 19.3. The Kier molecular flexibility index (Phi) is 7.81. The molecule has 6 aromatic carbocycles. The minimum absolute atomic E-state index is 0.836. The van der Waals surface area contributed by atoms with Crippen molar-refractivity contribution in [2.24, 2.45) is 0 Å². The Hall–Kier alpha value is -7.63. The van der Waals surface area contributed by atoms with Crippen LogP contribution in [0.25, 0.3) is 72.5 Å². The van der Waals surface area contributed by atoms with E-state index in [4.69, 9.17) is 15.0 Å². The van der Waals surface area contributed by atoms with Crippen LogP contribution in [0.1, 0.15) is 11.1 Å². The van der Waals surface area contributed by atoms with Gasteiger partial charge in [0.1, 0.15) is 0 Å². The van der Waals surface area contributed by atoms with Crippen LogP contribution in [-0.2, 0) is 6.42 Å². The maximum Gasteiger partial charge on any atom is 0.0785 e. The second kappa shape index (κ2) is 13.6. The fourth-order valence-corrected chi connectivity index (χ4v) is 8.38. The highest BCUT2D eigenvalue weighted by atomic mass is 15.2. The summed E-state index contributed by atoms with van der Waals surface area (Å²) in [4.78, 5) is 17.6. The van der Waals surface area contributed by atoms with Crippen molar-refractivity contribution in [2.75, 3.05) is 4.90 Å². The van der Waals surface area contributed by atoms with Crippen LogP contribution in [0.3, 0.4) is 0 Å². The van der Waals surface area contributed by atoms with Crippen LogP contribution in [0.5, 0.6) is 0 Å². The van der Waals surface area contributed by atoms with E-state index in [1.807, 2.05) is 48.8 Å². The lowest BCUT2D eigenvalue weighted by atomic mass is 9.93. The average molecular weight is 730 g/mol. The molecule has 10 aromatic rings. The smallest absolute Gasteiger partial charge is 0.0785 e. The molecule has 4 aromatic heterocycles. The van der Waals surface area contributed by atoms with Crippen LogP contribution < -0.4 is 4.90 Å². The fraction of sp³-hybridized carbons (Fsp3) is 0.0192. The Morgan fingerprint density at radius 2 is 0.982 bits per heavy atom. The minimum atomic E-state index is 0.836. The molecule has 0 bridgehead atoms. The largest absolute Gasteiger partial charge is 0.308 e. The van der Waals surface area contributed by atoms with Crippen molar-refractivity contribution in [3.8, 4) is 50.7 Å². The molecule has 5 nitrogen and oxygen atoms in total. The zero-order valence-electron chi connectivity index (χ0n) is 31.0. The second-order valence-electron chi connectivity index (χ2n) is 14.5. The summed E-state index contributed by atoms with van der Waals surface area (Å²) >= 11 is 0. The normalized spacial score (nSPS) is 12.1. The van der Waals surface area contributed by atoms with Gasteiger partial charge in [-0.2, -0.15) is 0 Å². The SMILES string of the molecule is c1ccc(-c2ccc(-c3cc(-n4c5ccccc5c5ccc6c(c54)N(c4ccccc4)c4ccccc4C6)cc(-c4ccc(-c5ccccc5)nc4)n3)cn2)cc1. The molecule has 1 aliphatic rings. The number of rotatable bonds is 6. The molecule has 5 heterocycles. The minimum Gasteiger partial charge on any atom is -0.308 e. The standard InChI is InChI=1S/C52H35N5/c1-4-14-35(15-5-1)45-28-25-39(33-53-45)47-31-42(32-48(55-47)40-26-29-46(54-34-40)36-16-6-2-7-17-36)57-50-23-13-11-21-43(50)44-27-24-38-30-37-18-10-12-22-49(37)56(51(38)52(44)57)41-19-8-3-9-20-41/h1-29,31-34H,30H2. The van der Waals surface area contributed by atoms with Gasteiger partial charge in [-0.1, -0.05) is 127 Å². The zero-order chi connectivity index (χ0) is 37.7. The third-order valence-electron chi connectivity index (χ3n) is 11.1. The van der Waals surface area contributed by atoms with Crippen LogP contribution in [0.15, 0.2) is 200 Å². The number of hydrogen-bond acceptors (Lipinski definition) is 4. The molecule has 0 N–H and O–H groups in total. The van der Waals surface area contributed by atoms with E-state index in [2.05, 4.69) is 161 Å². The maximum absolute atomic E-state index is 5.32. The predicted molar refractivity (Wildman–Crippen MR) is 233 cm³/mol. The van der Waals surface area contributed by atoms with Gasteiger partial charge < -0.3 is 9.47 Å². The number of anilines is 3. The lowest BCUT2D eigenvalue weighted by molar-refractivity contribution is 1.08. The number of pyridine rings is 3. The van der Waals surface area contributed by atoms with E-state index in [1.54, 1.807) is 0 Å². The maximum atomic E-state index is 5.32. The number of para-hydroxylation sites is 3. The highest BCUT2D eigenvalue weighted by molar-refractivity contribution is 6.15. The van der Waals surface area contributed by atoms with E-state index in [0.717, 1.165) is 73.9 Å². The van der Waals surface area contributed by atoms with Crippen LogP contribution in [0.2, 0.25) is 0 Å². The van der Waals surface area contributed by atoms with Gasteiger partial charge in [-0.3, -0.25) is 9.97 Å². The summed E-state index contributed by atoms with van der Waals surface area (Å²) in [6.45, 7) is 0. The Labute approximate surface area is 330 Å². The van der Waals surface area contributed by atoms with Crippen molar-refractivity contribution in [3.05, 3.63) is 212 Å². The molecule has 0 unspecified atom stereocenters. The van der Waals surface area contributed by atoms with E-state index in [0.29, 0.717) is 0 Å². The summed E-state index contributed by atoms with van der Waals surface area (Å²) in [7, 11) is 0. The molecule has 268 valence electrons. The lowest BCUT2D eigenvalue weighted by Crippen LogP contribution is -2.19. The van der Waals surface area contributed by atoms with E-state index >= 15 is 0 Å². The number of fused-ring (bicyclic) bond motifs is 6. The van der Waals surface area contributed by atoms with Gasteiger partial charge in [0.2, 0.25) is 0 Å². The Bertz CT molecular complexity index is 2960. The monoisotopic (exact) mass is 729 g/mol. The van der Waals surface area contributed by atoms with Gasteiger partial charge in [0.05, 0.1) is 45.2 Å². The predicted octanol–water partition coefficient (Wildman–Crippen LogP) is 13.0. The lowest BCUT2D eigenvalue weighted by Gasteiger charge is -2.34. The van der Waals surface area contributed by atoms with Gasteiger partial charge in [0, 0.05) is 63.2 Å². The van der Waals surface area contributed by atoms with Gasteiger partial charge in [-0.05, 0) is 71.8 Å². The van der Waals surface area contributed by atoms with Crippen molar-refractivity contribution >= 4 is 38.9 Å². The molecule has 0 radical (unpaired) electrons. The molecular formula is C52H35N5. The number of benzene rings is 6. The molecule has 5 heteroatoms. The van der Waals surface area contributed by atoms with E-state index in [9.17, 15) is 0 Å². The number of nitrogens with zero attached hydrogens (tertiary/aromatic N) is 5. The van der Waals surface area contributed by atoms with Crippen molar-refractivity contribution in [3.63, 3.8) is 0 Å². The molecule has 57 heavy (non-hydrogen) atoms. The number of hydrogen-bond donors (Lipinski definition) is 0. The molecule has 0 fully saturated rings. The molecule has 0 saturated carbocycles. The first kappa shape index (κ1) is 32.8. The highest BCUT2D eigenvalue weighted by Gasteiger charge is 2.29. The molecule has 1 aliphatic heterocycles. The first-order valence-corrected chi connectivity index (χ1v) is 19.3. The molecule has 11 rings (SSSR count). The highest BCUT2D eigenvalue weighted by Crippen LogP contribution is 2.49. The average Bonchev–Trinajstić information content (AvgIpc) is 3.64. The molecule has 0 amide bonds. The van der Waals surface area contributed by atoms with Crippen LogP contribution in [0, 0.1) is 0 Å². The van der Waals surface area contributed by atoms with Gasteiger partial charge in [-0.15, -0.1) is 0 Å². The summed E-state index contributed by atoms with van der Waals surface area (Å²) in [5.74, 6) is 0. The Balaban J connectivity index is 1.17. The van der Waals surface area contributed by atoms with Gasteiger partial charge in [-0.25, -0.2) is 4.98 Å². The van der Waals surface area contributed by atoms with Crippen LogP contribution >= 0.6 is 0 Å². The zero-order valence-corrected chi connectivity index (χ0v) is 31.0. The van der Waals surface area contributed by atoms with Crippen molar-refractivity contribution in [2.45, 2.75) is 6.42 Å². The molecule has 0 spiro atoms. The quantitative estimate of drug-likeness (QED) is 0.171. The summed E-state index contributed by atoms with van der Waals surface area (Å²) in [5, 5.41) is 2.40.